The highest BCUT2D eigenvalue weighted by Crippen LogP contribution is 2.23. The normalized spacial score (nSPS) is 12.2. The van der Waals surface area contributed by atoms with Crippen molar-refractivity contribution in [1.29, 1.82) is 0 Å². The Morgan fingerprint density at radius 1 is 1.26 bits per heavy atom. The van der Waals surface area contributed by atoms with Crippen LogP contribution in [-0.2, 0) is 4.79 Å². The first kappa shape index (κ1) is 13.4. The maximum absolute atomic E-state index is 11.6. The summed E-state index contributed by atoms with van der Waals surface area (Å²) in [5, 5.41) is 4.97. The molecule has 2 aromatic rings. The van der Waals surface area contributed by atoms with E-state index in [-0.39, 0.29) is 11.9 Å². The summed E-state index contributed by atoms with van der Waals surface area (Å²) < 4.78 is 5.18. The number of ether oxygens (including phenoxy) is 1. The van der Waals surface area contributed by atoms with E-state index in [0.29, 0.717) is 6.42 Å². The van der Waals surface area contributed by atoms with Gasteiger partial charge in [-0.3, -0.25) is 4.79 Å². The molecule has 3 N–H and O–H groups in total. The minimum Gasteiger partial charge on any atom is -0.497 e. The van der Waals surface area contributed by atoms with Gasteiger partial charge < -0.3 is 15.8 Å². The van der Waals surface area contributed by atoms with Gasteiger partial charge in [0.15, 0.2) is 0 Å². The SMILES string of the molecule is COc1ccc2cc(NC(=O)CC(C)N)ccc2c1. The Hall–Kier alpha value is -2.07. The van der Waals surface area contributed by atoms with Crippen LogP contribution < -0.4 is 15.8 Å². The van der Waals surface area contributed by atoms with Gasteiger partial charge in [0.05, 0.1) is 7.11 Å². The maximum Gasteiger partial charge on any atom is 0.225 e. The van der Waals surface area contributed by atoms with Crippen molar-refractivity contribution in [3.8, 4) is 5.75 Å². The minimum absolute atomic E-state index is 0.0668. The lowest BCUT2D eigenvalue weighted by Gasteiger charge is -2.09. The van der Waals surface area contributed by atoms with E-state index in [1.807, 2.05) is 43.3 Å². The molecule has 100 valence electrons. The highest BCUT2D eigenvalue weighted by atomic mass is 16.5. The van der Waals surface area contributed by atoms with Crippen molar-refractivity contribution in [3.05, 3.63) is 36.4 Å². The summed E-state index contributed by atoms with van der Waals surface area (Å²) in [6.07, 6.45) is 0.320. The topological polar surface area (TPSA) is 64.3 Å². The minimum atomic E-state index is -0.135. The third-order valence-electron chi connectivity index (χ3n) is 2.84. The average Bonchev–Trinajstić information content (AvgIpc) is 2.37. The molecule has 0 spiro atoms. The van der Waals surface area contributed by atoms with Gasteiger partial charge in [0, 0.05) is 18.2 Å². The Morgan fingerprint density at radius 2 is 1.95 bits per heavy atom. The van der Waals surface area contributed by atoms with E-state index < -0.39 is 0 Å². The van der Waals surface area contributed by atoms with Gasteiger partial charge in [-0.2, -0.15) is 0 Å². The number of amides is 1. The van der Waals surface area contributed by atoms with Crippen LogP contribution in [0.4, 0.5) is 5.69 Å². The molecule has 0 aliphatic heterocycles. The summed E-state index contributed by atoms with van der Waals surface area (Å²) in [5.74, 6) is 0.754. The number of hydrogen-bond donors (Lipinski definition) is 2. The predicted molar refractivity (Wildman–Crippen MR) is 77.4 cm³/mol. The fourth-order valence-electron chi connectivity index (χ4n) is 1.93. The predicted octanol–water partition coefficient (Wildman–Crippen LogP) is 2.52. The molecule has 2 aromatic carbocycles. The van der Waals surface area contributed by atoms with Gasteiger partial charge >= 0.3 is 0 Å². The van der Waals surface area contributed by atoms with Gasteiger partial charge in [0.1, 0.15) is 5.75 Å². The quantitative estimate of drug-likeness (QED) is 0.885. The van der Waals surface area contributed by atoms with E-state index in [2.05, 4.69) is 5.32 Å². The van der Waals surface area contributed by atoms with E-state index >= 15 is 0 Å². The third-order valence-corrected chi connectivity index (χ3v) is 2.84. The van der Waals surface area contributed by atoms with Crippen molar-refractivity contribution < 1.29 is 9.53 Å². The molecule has 0 radical (unpaired) electrons. The fourth-order valence-corrected chi connectivity index (χ4v) is 1.93. The number of carbonyl (C=O) groups excluding carboxylic acids is 1. The van der Waals surface area contributed by atoms with Crippen LogP contribution in [0.3, 0.4) is 0 Å². The number of nitrogens with one attached hydrogen (secondary N) is 1. The van der Waals surface area contributed by atoms with Crippen LogP contribution in [0.15, 0.2) is 36.4 Å². The summed E-state index contributed by atoms with van der Waals surface area (Å²) in [5.41, 5.74) is 6.38. The second kappa shape index (κ2) is 5.71. The van der Waals surface area contributed by atoms with E-state index in [9.17, 15) is 4.79 Å². The summed E-state index contributed by atoms with van der Waals surface area (Å²) in [7, 11) is 1.64. The number of benzene rings is 2. The molecule has 0 heterocycles. The van der Waals surface area contributed by atoms with Crippen molar-refractivity contribution in [3.63, 3.8) is 0 Å². The van der Waals surface area contributed by atoms with Crippen LogP contribution in [0.5, 0.6) is 5.75 Å². The molecule has 4 heteroatoms. The molecule has 4 nitrogen and oxygen atoms in total. The molecule has 0 aliphatic rings. The Bertz CT molecular complexity index is 594. The van der Waals surface area contributed by atoms with Gasteiger partial charge in [-0.15, -0.1) is 0 Å². The molecule has 0 aliphatic carbocycles. The first-order valence-electron chi connectivity index (χ1n) is 6.22. The number of methoxy groups -OCH3 is 1. The Balaban J connectivity index is 2.20. The van der Waals surface area contributed by atoms with Crippen LogP contribution >= 0.6 is 0 Å². The molecule has 1 amide bonds. The summed E-state index contributed by atoms with van der Waals surface area (Å²) in [6, 6.07) is 11.5. The molecule has 0 fully saturated rings. The van der Waals surface area contributed by atoms with Crippen molar-refractivity contribution in [2.75, 3.05) is 12.4 Å². The van der Waals surface area contributed by atoms with Crippen molar-refractivity contribution in [1.82, 2.24) is 0 Å². The lowest BCUT2D eigenvalue weighted by Crippen LogP contribution is -2.23. The van der Waals surface area contributed by atoms with Crippen LogP contribution in [0.25, 0.3) is 10.8 Å². The highest BCUT2D eigenvalue weighted by Gasteiger charge is 2.06. The highest BCUT2D eigenvalue weighted by molar-refractivity contribution is 5.94. The number of rotatable bonds is 4. The first-order chi connectivity index (χ1) is 9.08. The summed E-state index contributed by atoms with van der Waals surface area (Å²) in [4.78, 5) is 11.6. The molecule has 0 saturated heterocycles. The van der Waals surface area contributed by atoms with Crippen LogP contribution in [0, 0.1) is 0 Å². The van der Waals surface area contributed by atoms with E-state index in [4.69, 9.17) is 10.5 Å². The Labute approximate surface area is 112 Å². The number of fused-ring (bicyclic) bond motifs is 1. The molecule has 1 atom stereocenters. The number of anilines is 1. The number of carbonyl (C=O) groups is 1. The monoisotopic (exact) mass is 258 g/mol. The Kier molecular flexibility index (Phi) is 4.02. The van der Waals surface area contributed by atoms with Gasteiger partial charge in [-0.1, -0.05) is 12.1 Å². The van der Waals surface area contributed by atoms with E-state index in [1.54, 1.807) is 7.11 Å². The summed E-state index contributed by atoms with van der Waals surface area (Å²) >= 11 is 0. The maximum atomic E-state index is 11.6. The Morgan fingerprint density at radius 3 is 2.63 bits per heavy atom. The molecule has 0 saturated carbocycles. The molecule has 0 aromatic heterocycles. The zero-order chi connectivity index (χ0) is 13.8. The van der Waals surface area contributed by atoms with Gasteiger partial charge in [0.2, 0.25) is 5.91 Å². The smallest absolute Gasteiger partial charge is 0.225 e. The third kappa shape index (κ3) is 3.45. The first-order valence-corrected chi connectivity index (χ1v) is 6.22. The van der Waals surface area contributed by atoms with Crippen LogP contribution in [0.1, 0.15) is 13.3 Å². The molecule has 1 unspecified atom stereocenters. The van der Waals surface area contributed by atoms with E-state index in [1.165, 1.54) is 0 Å². The second-order valence-corrected chi connectivity index (χ2v) is 4.66. The standard InChI is InChI=1S/C15H18N2O2/c1-10(16)7-15(18)17-13-5-3-12-9-14(19-2)6-4-11(12)8-13/h3-6,8-10H,7,16H2,1-2H3,(H,17,18). The fraction of sp³-hybridized carbons (Fsp3) is 0.267. The average molecular weight is 258 g/mol. The lowest BCUT2D eigenvalue weighted by atomic mass is 10.1. The zero-order valence-corrected chi connectivity index (χ0v) is 11.1. The van der Waals surface area contributed by atoms with Crippen molar-refractivity contribution in [2.24, 2.45) is 5.73 Å². The lowest BCUT2D eigenvalue weighted by molar-refractivity contribution is -0.116. The molecule has 0 bridgehead atoms. The largest absolute Gasteiger partial charge is 0.497 e. The molecular weight excluding hydrogens is 240 g/mol. The molecular formula is C15H18N2O2. The number of nitrogens with two attached hydrogens (primary N) is 1. The molecule has 2 rings (SSSR count). The molecule has 19 heavy (non-hydrogen) atoms. The van der Waals surface area contributed by atoms with Gasteiger partial charge in [0.25, 0.3) is 0 Å². The van der Waals surface area contributed by atoms with Crippen LogP contribution in [-0.4, -0.2) is 19.1 Å². The summed E-state index contributed by atoms with van der Waals surface area (Å²) in [6.45, 7) is 1.81. The second-order valence-electron chi connectivity index (χ2n) is 4.66. The number of hydrogen-bond acceptors (Lipinski definition) is 3. The van der Waals surface area contributed by atoms with Crippen molar-refractivity contribution in [2.45, 2.75) is 19.4 Å². The zero-order valence-electron chi connectivity index (χ0n) is 11.1. The van der Waals surface area contributed by atoms with Gasteiger partial charge in [-0.25, -0.2) is 0 Å². The van der Waals surface area contributed by atoms with Gasteiger partial charge in [-0.05, 0) is 42.0 Å². The van der Waals surface area contributed by atoms with Crippen LogP contribution in [0.2, 0.25) is 0 Å². The van der Waals surface area contributed by atoms with Crippen molar-refractivity contribution >= 4 is 22.4 Å². The van der Waals surface area contributed by atoms with E-state index in [0.717, 1.165) is 22.2 Å².